The number of halogens is 1. The number of rotatable bonds is 3. The number of fused-ring (bicyclic) bond motifs is 1. The average molecular weight is 273 g/mol. The van der Waals surface area contributed by atoms with Gasteiger partial charge in [0.25, 0.3) is 0 Å². The minimum Gasteiger partial charge on any atom is -0.334 e. The molecule has 0 atom stereocenters. The Morgan fingerprint density at radius 3 is 3.00 bits per heavy atom. The molecule has 0 bridgehead atoms. The maximum Gasteiger partial charge on any atom is 0.124 e. The number of nitrogens with zero attached hydrogens (tertiary/aromatic N) is 3. The van der Waals surface area contributed by atoms with E-state index in [0.29, 0.717) is 5.75 Å². The van der Waals surface area contributed by atoms with Crippen LogP contribution in [0.4, 0.5) is 4.39 Å². The van der Waals surface area contributed by atoms with Gasteiger partial charge in [-0.25, -0.2) is 14.4 Å². The lowest BCUT2D eigenvalue weighted by Gasteiger charge is -2.03. The Labute approximate surface area is 114 Å². The molecule has 0 unspecified atom stereocenters. The maximum atomic E-state index is 13.1. The summed E-state index contributed by atoms with van der Waals surface area (Å²) in [7, 11) is 1.95. The van der Waals surface area contributed by atoms with Gasteiger partial charge in [0.2, 0.25) is 0 Å². The highest BCUT2D eigenvalue weighted by Crippen LogP contribution is 2.27. The number of thioether (sulfide) groups is 1. The summed E-state index contributed by atoms with van der Waals surface area (Å²) in [6, 6.07) is 8.57. The molecular formula is C14H12FN3S. The molecule has 1 aromatic carbocycles. The van der Waals surface area contributed by atoms with E-state index < -0.39 is 0 Å². The Morgan fingerprint density at radius 2 is 2.16 bits per heavy atom. The van der Waals surface area contributed by atoms with E-state index >= 15 is 0 Å². The molecule has 0 radical (unpaired) electrons. The second-order valence-electron chi connectivity index (χ2n) is 4.26. The van der Waals surface area contributed by atoms with E-state index in [4.69, 9.17) is 0 Å². The summed E-state index contributed by atoms with van der Waals surface area (Å²) in [4.78, 5) is 8.70. The van der Waals surface area contributed by atoms with Crippen molar-refractivity contribution in [3.05, 3.63) is 54.2 Å². The predicted molar refractivity (Wildman–Crippen MR) is 74.5 cm³/mol. The van der Waals surface area contributed by atoms with Gasteiger partial charge in [-0.1, -0.05) is 23.9 Å². The molecule has 2 heterocycles. The van der Waals surface area contributed by atoms with Crippen molar-refractivity contribution in [2.45, 2.75) is 10.8 Å². The van der Waals surface area contributed by atoms with Crippen LogP contribution in [0.5, 0.6) is 0 Å². The largest absolute Gasteiger partial charge is 0.334 e. The molecule has 0 fully saturated rings. The number of hydrogen-bond acceptors (Lipinski definition) is 3. The highest BCUT2D eigenvalue weighted by atomic mass is 32.2. The van der Waals surface area contributed by atoms with Crippen molar-refractivity contribution in [1.29, 1.82) is 0 Å². The van der Waals surface area contributed by atoms with Crippen LogP contribution in [0.1, 0.15) is 5.56 Å². The minimum atomic E-state index is -0.206. The van der Waals surface area contributed by atoms with Crippen LogP contribution in [0.15, 0.2) is 47.9 Å². The van der Waals surface area contributed by atoms with Gasteiger partial charge in [-0.15, -0.1) is 0 Å². The van der Waals surface area contributed by atoms with Crippen molar-refractivity contribution in [3.63, 3.8) is 0 Å². The minimum absolute atomic E-state index is 0.206. The van der Waals surface area contributed by atoms with Crippen LogP contribution >= 0.6 is 11.8 Å². The second-order valence-corrected chi connectivity index (χ2v) is 5.22. The fourth-order valence-corrected chi connectivity index (χ4v) is 2.83. The van der Waals surface area contributed by atoms with Gasteiger partial charge in [-0.05, 0) is 23.8 Å². The van der Waals surface area contributed by atoms with E-state index in [1.54, 1.807) is 36.4 Å². The molecular weight excluding hydrogens is 261 g/mol. The molecule has 2 aromatic heterocycles. The third-order valence-corrected chi connectivity index (χ3v) is 3.92. The van der Waals surface area contributed by atoms with Crippen LogP contribution in [0.3, 0.4) is 0 Å². The van der Waals surface area contributed by atoms with E-state index in [1.807, 2.05) is 23.7 Å². The highest BCUT2D eigenvalue weighted by molar-refractivity contribution is 7.98. The Bertz CT molecular complexity index is 724. The highest BCUT2D eigenvalue weighted by Gasteiger charge is 2.07. The predicted octanol–water partition coefficient (Wildman–Crippen LogP) is 3.40. The third-order valence-electron chi connectivity index (χ3n) is 2.87. The zero-order valence-electron chi connectivity index (χ0n) is 10.4. The van der Waals surface area contributed by atoms with E-state index in [2.05, 4.69) is 9.97 Å². The zero-order valence-corrected chi connectivity index (χ0v) is 11.2. The molecule has 19 heavy (non-hydrogen) atoms. The zero-order chi connectivity index (χ0) is 13.2. The summed E-state index contributed by atoms with van der Waals surface area (Å²) in [5.74, 6) is 0.475. The normalized spacial score (nSPS) is 11.1. The van der Waals surface area contributed by atoms with Gasteiger partial charge >= 0.3 is 0 Å². The first-order valence-electron chi connectivity index (χ1n) is 5.87. The standard InChI is InChI=1S/C14H12FN3S/c1-18-9-17-13-12(18)5-6-16-14(13)19-8-10-3-2-4-11(15)7-10/h2-7,9H,8H2,1H3. The van der Waals surface area contributed by atoms with Crippen molar-refractivity contribution < 1.29 is 4.39 Å². The quantitative estimate of drug-likeness (QED) is 0.685. The first kappa shape index (κ1) is 12.2. The van der Waals surface area contributed by atoms with Gasteiger partial charge in [0.05, 0.1) is 11.8 Å². The number of hydrogen-bond donors (Lipinski definition) is 0. The lowest BCUT2D eigenvalue weighted by atomic mass is 10.2. The number of pyridine rings is 1. The summed E-state index contributed by atoms with van der Waals surface area (Å²) >= 11 is 1.57. The fourth-order valence-electron chi connectivity index (χ4n) is 1.92. The molecule has 0 aliphatic carbocycles. The summed E-state index contributed by atoms with van der Waals surface area (Å²) in [5, 5.41) is 0.877. The first-order valence-corrected chi connectivity index (χ1v) is 6.86. The van der Waals surface area contributed by atoms with Crippen LogP contribution in [-0.2, 0) is 12.8 Å². The Balaban J connectivity index is 1.86. The fraction of sp³-hybridized carbons (Fsp3) is 0.143. The molecule has 5 heteroatoms. The van der Waals surface area contributed by atoms with Crippen molar-refractivity contribution in [3.8, 4) is 0 Å². The maximum absolute atomic E-state index is 13.1. The first-order chi connectivity index (χ1) is 9.24. The van der Waals surface area contributed by atoms with Gasteiger partial charge < -0.3 is 4.57 Å². The molecule has 0 aliphatic heterocycles. The van der Waals surface area contributed by atoms with Crippen molar-refractivity contribution in [2.75, 3.05) is 0 Å². The molecule has 0 aliphatic rings. The second kappa shape index (κ2) is 5.01. The molecule has 3 rings (SSSR count). The summed E-state index contributed by atoms with van der Waals surface area (Å²) in [6.45, 7) is 0. The summed E-state index contributed by atoms with van der Waals surface area (Å²) in [6.07, 6.45) is 3.55. The van der Waals surface area contributed by atoms with E-state index in [1.165, 1.54) is 6.07 Å². The van der Waals surface area contributed by atoms with Gasteiger partial charge in [-0.2, -0.15) is 0 Å². The van der Waals surface area contributed by atoms with E-state index in [0.717, 1.165) is 21.6 Å². The van der Waals surface area contributed by atoms with Gasteiger partial charge in [-0.3, -0.25) is 0 Å². The van der Waals surface area contributed by atoms with Crippen LogP contribution in [0.25, 0.3) is 11.0 Å². The van der Waals surface area contributed by atoms with Crippen LogP contribution in [0.2, 0.25) is 0 Å². The molecule has 3 aromatic rings. The smallest absolute Gasteiger partial charge is 0.124 e. The molecule has 0 spiro atoms. The third kappa shape index (κ3) is 2.46. The number of imidazole rings is 1. The van der Waals surface area contributed by atoms with Gasteiger partial charge in [0, 0.05) is 19.0 Å². The van der Waals surface area contributed by atoms with Crippen LogP contribution in [0, 0.1) is 5.82 Å². The molecule has 0 N–H and O–H groups in total. The van der Waals surface area contributed by atoms with Crippen molar-refractivity contribution in [1.82, 2.24) is 14.5 Å². The summed E-state index contributed by atoms with van der Waals surface area (Å²) < 4.78 is 15.1. The average Bonchev–Trinajstić information content (AvgIpc) is 2.79. The molecule has 0 saturated carbocycles. The lowest BCUT2D eigenvalue weighted by molar-refractivity contribution is 0.626. The van der Waals surface area contributed by atoms with Gasteiger partial charge in [0.1, 0.15) is 16.4 Å². The number of aromatic nitrogens is 3. The van der Waals surface area contributed by atoms with E-state index in [-0.39, 0.29) is 5.82 Å². The van der Waals surface area contributed by atoms with Gasteiger partial charge in [0.15, 0.2) is 0 Å². The Kier molecular flexibility index (Phi) is 3.21. The molecule has 3 nitrogen and oxygen atoms in total. The van der Waals surface area contributed by atoms with Crippen LogP contribution < -0.4 is 0 Å². The number of benzene rings is 1. The number of aryl methyl sites for hydroxylation is 1. The lowest BCUT2D eigenvalue weighted by Crippen LogP contribution is -1.88. The van der Waals surface area contributed by atoms with E-state index in [9.17, 15) is 4.39 Å². The van der Waals surface area contributed by atoms with Crippen LogP contribution in [-0.4, -0.2) is 14.5 Å². The molecule has 96 valence electrons. The van der Waals surface area contributed by atoms with Crippen molar-refractivity contribution >= 4 is 22.8 Å². The monoisotopic (exact) mass is 273 g/mol. The molecule has 0 amide bonds. The SMILES string of the molecule is Cn1cnc2c(SCc3cccc(F)c3)nccc21. The van der Waals surface area contributed by atoms with Crippen molar-refractivity contribution in [2.24, 2.45) is 7.05 Å². The Hall–Kier alpha value is -1.88. The topological polar surface area (TPSA) is 30.7 Å². The Morgan fingerprint density at radius 1 is 1.26 bits per heavy atom. The molecule has 0 saturated heterocycles. The summed E-state index contributed by atoms with van der Waals surface area (Å²) in [5.41, 5.74) is 2.89.